The smallest absolute Gasteiger partial charge is 0.165 e. The number of fused-ring (bicyclic) bond motifs is 1. The number of halogens is 1. The lowest BCUT2D eigenvalue weighted by atomic mass is 10.0. The van der Waals surface area contributed by atoms with E-state index in [2.05, 4.69) is 9.88 Å². The fourth-order valence-corrected chi connectivity index (χ4v) is 4.22. The maximum atomic E-state index is 13.4. The average Bonchev–Trinajstić information content (AvgIpc) is 3.15. The van der Waals surface area contributed by atoms with E-state index < -0.39 is 5.82 Å². The van der Waals surface area contributed by atoms with Crippen molar-refractivity contribution < 1.29 is 14.2 Å². The molecule has 1 N–H and O–H groups in total. The number of likely N-dealkylation sites (tertiary alicyclic amines) is 1. The molecule has 0 spiro atoms. The molecule has 2 atom stereocenters. The second-order valence-corrected chi connectivity index (χ2v) is 7.22. The van der Waals surface area contributed by atoms with Crippen molar-refractivity contribution in [3.8, 4) is 11.5 Å². The fraction of sp³-hybridized carbons (Fsp3) is 0.450. The predicted molar refractivity (Wildman–Crippen MR) is 93.1 cm³/mol. The lowest BCUT2D eigenvalue weighted by molar-refractivity contribution is 0.185. The van der Waals surface area contributed by atoms with Gasteiger partial charge in [0.1, 0.15) is 5.75 Å². The summed E-state index contributed by atoms with van der Waals surface area (Å²) in [5, 5.41) is 9.26. The quantitative estimate of drug-likeness (QED) is 0.906. The number of ether oxygens (including phenoxy) is 1. The van der Waals surface area contributed by atoms with E-state index in [0.717, 1.165) is 50.2 Å². The molecule has 1 aliphatic carbocycles. The number of phenols is 1. The third kappa shape index (κ3) is 3.76. The number of hydrogen-bond donors (Lipinski definition) is 1. The summed E-state index contributed by atoms with van der Waals surface area (Å²) in [4.78, 5) is 6.57. The van der Waals surface area contributed by atoms with Crippen molar-refractivity contribution in [1.29, 1.82) is 0 Å². The van der Waals surface area contributed by atoms with Crippen LogP contribution in [0.4, 0.5) is 4.39 Å². The molecule has 1 saturated heterocycles. The van der Waals surface area contributed by atoms with Crippen LogP contribution < -0.4 is 4.74 Å². The van der Waals surface area contributed by atoms with E-state index in [1.807, 2.05) is 12.1 Å². The minimum Gasteiger partial charge on any atom is -0.505 e. The van der Waals surface area contributed by atoms with Crippen LogP contribution in [-0.2, 0) is 6.42 Å². The Hall–Kier alpha value is -2.14. The van der Waals surface area contributed by atoms with Gasteiger partial charge in [-0.2, -0.15) is 0 Å². The Morgan fingerprint density at radius 3 is 2.68 bits per heavy atom. The van der Waals surface area contributed by atoms with E-state index in [0.29, 0.717) is 17.9 Å². The molecule has 2 fully saturated rings. The number of aromatic nitrogens is 1. The van der Waals surface area contributed by atoms with Crippen LogP contribution in [0.3, 0.4) is 0 Å². The van der Waals surface area contributed by atoms with Crippen molar-refractivity contribution in [1.82, 2.24) is 9.88 Å². The maximum absolute atomic E-state index is 13.4. The van der Waals surface area contributed by atoms with Gasteiger partial charge in [-0.15, -0.1) is 0 Å². The van der Waals surface area contributed by atoms with Gasteiger partial charge in [0.05, 0.1) is 12.3 Å². The number of phenolic OH excluding ortho intramolecular Hbond substituents is 1. The van der Waals surface area contributed by atoms with Crippen LogP contribution in [0, 0.1) is 17.7 Å². The Morgan fingerprint density at radius 2 is 2.00 bits per heavy atom. The molecule has 5 heteroatoms. The van der Waals surface area contributed by atoms with E-state index in [-0.39, 0.29) is 5.75 Å². The van der Waals surface area contributed by atoms with Crippen LogP contribution >= 0.6 is 0 Å². The minimum atomic E-state index is -0.536. The molecule has 1 saturated carbocycles. The zero-order valence-electron chi connectivity index (χ0n) is 14.1. The number of aromatic hydroxyl groups is 1. The first-order chi connectivity index (χ1) is 12.2. The lowest BCUT2D eigenvalue weighted by Crippen LogP contribution is -2.26. The van der Waals surface area contributed by atoms with Crippen LogP contribution in [-0.4, -0.2) is 40.7 Å². The molecule has 0 bridgehead atoms. The molecule has 2 unspecified atom stereocenters. The highest BCUT2D eigenvalue weighted by Crippen LogP contribution is 2.39. The molecule has 1 aromatic heterocycles. The predicted octanol–water partition coefficient (Wildman–Crippen LogP) is 3.26. The number of hydrogen-bond acceptors (Lipinski definition) is 4. The number of rotatable bonds is 5. The van der Waals surface area contributed by atoms with Gasteiger partial charge in [-0.25, -0.2) is 4.39 Å². The summed E-state index contributed by atoms with van der Waals surface area (Å²) in [6, 6.07) is 8.53. The first-order valence-electron chi connectivity index (χ1n) is 8.94. The highest BCUT2D eigenvalue weighted by atomic mass is 19.1. The molecular formula is C20H23FN2O2. The summed E-state index contributed by atoms with van der Waals surface area (Å²) in [6.45, 7) is 3.13. The van der Waals surface area contributed by atoms with Gasteiger partial charge in [-0.05, 0) is 60.9 Å². The first-order valence-corrected chi connectivity index (χ1v) is 8.94. The molecule has 1 aliphatic heterocycles. The largest absolute Gasteiger partial charge is 0.505 e. The molecule has 25 heavy (non-hydrogen) atoms. The van der Waals surface area contributed by atoms with Gasteiger partial charge in [0, 0.05) is 25.8 Å². The van der Waals surface area contributed by atoms with Gasteiger partial charge in [0.15, 0.2) is 11.6 Å². The highest BCUT2D eigenvalue weighted by Gasteiger charge is 2.41. The molecule has 132 valence electrons. The van der Waals surface area contributed by atoms with E-state index >= 15 is 0 Å². The van der Waals surface area contributed by atoms with Crippen molar-refractivity contribution in [3.63, 3.8) is 0 Å². The molecular weight excluding hydrogens is 319 g/mol. The first kappa shape index (κ1) is 16.3. The third-order valence-electron chi connectivity index (χ3n) is 5.45. The number of nitrogens with zero attached hydrogens (tertiary/aromatic N) is 2. The van der Waals surface area contributed by atoms with Crippen molar-refractivity contribution in [2.45, 2.75) is 25.4 Å². The molecule has 0 amide bonds. The molecule has 1 aromatic carbocycles. The Balaban J connectivity index is 1.26. The Morgan fingerprint density at radius 1 is 1.20 bits per heavy atom. The van der Waals surface area contributed by atoms with Gasteiger partial charge in [0.25, 0.3) is 0 Å². The van der Waals surface area contributed by atoms with Crippen LogP contribution in [0.15, 0.2) is 42.7 Å². The maximum Gasteiger partial charge on any atom is 0.165 e. The van der Waals surface area contributed by atoms with E-state index in [1.165, 1.54) is 12.1 Å². The fourth-order valence-electron chi connectivity index (χ4n) is 4.22. The highest BCUT2D eigenvalue weighted by molar-refractivity contribution is 5.28. The van der Waals surface area contributed by atoms with E-state index in [4.69, 9.17) is 4.74 Å². The van der Waals surface area contributed by atoms with Gasteiger partial charge < -0.3 is 14.7 Å². The standard InChI is InChI=1S/C20H23FN2O2/c21-19-8-14(3-4-20(19)24)5-7-23-12-15-9-18(10-16(15)13-23)25-17-2-1-6-22-11-17/h1-4,6,8,11,15-16,18,24H,5,7,9-10,12-13H2. The third-order valence-corrected chi connectivity index (χ3v) is 5.45. The Labute approximate surface area is 147 Å². The molecule has 2 aromatic rings. The van der Waals surface area contributed by atoms with Crippen molar-refractivity contribution in [2.24, 2.45) is 11.8 Å². The van der Waals surface area contributed by atoms with Gasteiger partial charge in [-0.1, -0.05) is 6.07 Å². The summed E-state index contributed by atoms with van der Waals surface area (Å²) >= 11 is 0. The molecule has 2 heterocycles. The Bertz CT molecular complexity index is 711. The van der Waals surface area contributed by atoms with Crippen LogP contribution in [0.25, 0.3) is 0 Å². The van der Waals surface area contributed by atoms with Gasteiger partial charge in [0.2, 0.25) is 0 Å². The summed E-state index contributed by atoms with van der Waals surface area (Å²) < 4.78 is 19.5. The van der Waals surface area contributed by atoms with Crippen molar-refractivity contribution >= 4 is 0 Å². The van der Waals surface area contributed by atoms with E-state index in [9.17, 15) is 9.50 Å². The van der Waals surface area contributed by atoms with Crippen LogP contribution in [0.1, 0.15) is 18.4 Å². The number of benzene rings is 1. The van der Waals surface area contributed by atoms with Crippen LogP contribution in [0.2, 0.25) is 0 Å². The Kier molecular flexibility index (Phi) is 4.57. The number of pyridine rings is 1. The summed E-state index contributed by atoms with van der Waals surface area (Å²) in [5.74, 6) is 1.43. The van der Waals surface area contributed by atoms with Gasteiger partial charge in [-0.3, -0.25) is 4.98 Å². The molecule has 4 nitrogen and oxygen atoms in total. The summed E-state index contributed by atoms with van der Waals surface area (Å²) in [7, 11) is 0. The molecule has 2 aliphatic rings. The summed E-state index contributed by atoms with van der Waals surface area (Å²) in [6.07, 6.45) is 6.85. The van der Waals surface area contributed by atoms with E-state index in [1.54, 1.807) is 18.5 Å². The van der Waals surface area contributed by atoms with Crippen molar-refractivity contribution in [2.75, 3.05) is 19.6 Å². The second kappa shape index (κ2) is 7.00. The second-order valence-electron chi connectivity index (χ2n) is 7.22. The zero-order chi connectivity index (χ0) is 17.2. The molecule has 4 rings (SSSR count). The normalized spacial score (nSPS) is 25.9. The summed E-state index contributed by atoms with van der Waals surface area (Å²) in [5.41, 5.74) is 0.935. The topological polar surface area (TPSA) is 45.6 Å². The zero-order valence-corrected chi connectivity index (χ0v) is 14.1. The van der Waals surface area contributed by atoms with Crippen molar-refractivity contribution in [3.05, 3.63) is 54.1 Å². The SMILES string of the molecule is Oc1ccc(CCN2CC3CC(Oc4cccnc4)CC3C2)cc1F. The average molecular weight is 342 g/mol. The monoisotopic (exact) mass is 342 g/mol. The molecule has 0 radical (unpaired) electrons. The lowest BCUT2D eigenvalue weighted by Gasteiger charge is -2.19. The minimum absolute atomic E-state index is 0.279. The van der Waals surface area contributed by atoms with Gasteiger partial charge >= 0.3 is 0 Å². The van der Waals surface area contributed by atoms with Crippen LogP contribution in [0.5, 0.6) is 11.5 Å².